The Balaban J connectivity index is 0.00000225. The summed E-state index contributed by atoms with van der Waals surface area (Å²) < 4.78 is 30.3. The molecule has 3 atom stereocenters. The van der Waals surface area contributed by atoms with Crippen LogP contribution in [-0.4, -0.2) is 52.0 Å². The summed E-state index contributed by atoms with van der Waals surface area (Å²) in [7, 11) is -1.49. The Morgan fingerprint density at radius 1 is 1.28 bits per heavy atom. The molecular weight excluding hydrogens is 453 g/mol. The Morgan fingerprint density at radius 3 is 2.64 bits per heavy atom. The third kappa shape index (κ3) is 5.30. The summed E-state index contributed by atoms with van der Waals surface area (Å²) in [5, 5.41) is 6.59. The van der Waals surface area contributed by atoms with Crippen LogP contribution in [0.2, 0.25) is 0 Å². The number of nitrogens with zero attached hydrogens (tertiary/aromatic N) is 1. The van der Waals surface area contributed by atoms with Gasteiger partial charge in [-0.25, -0.2) is 8.42 Å². The minimum absolute atomic E-state index is 0. The van der Waals surface area contributed by atoms with E-state index in [2.05, 4.69) is 15.6 Å². The maximum atomic E-state index is 12.2. The van der Waals surface area contributed by atoms with Crippen LogP contribution >= 0.6 is 24.0 Å². The molecule has 8 heteroatoms. The van der Waals surface area contributed by atoms with Crippen molar-refractivity contribution < 1.29 is 13.2 Å². The molecule has 2 aliphatic heterocycles. The molecular formula is C17H26IN3O3S. The molecule has 0 aromatic heterocycles. The van der Waals surface area contributed by atoms with Crippen molar-refractivity contribution in [1.29, 1.82) is 0 Å². The molecule has 2 bridgehead atoms. The van der Waals surface area contributed by atoms with Gasteiger partial charge in [0.15, 0.2) is 15.8 Å². The van der Waals surface area contributed by atoms with Gasteiger partial charge in [-0.15, -0.1) is 24.0 Å². The van der Waals surface area contributed by atoms with E-state index in [0.717, 1.165) is 19.3 Å². The summed E-state index contributed by atoms with van der Waals surface area (Å²) in [5.41, 5.74) is 0. The van der Waals surface area contributed by atoms with Crippen LogP contribution in [0.1, 0.15) is 25.7 Å². The number of aliphatic imine (C=N–C) groups is 1. The van der Waals surface area contributed by atoms with Crippen LogP contribution in [0.15, 0.2) is 40.2 Å². The Bertz CT molecular complexity index is 682. The Hall–Kier alpha value is -0.870. The van der Waals surface area contributed by atoms with Crippen molar-refractivity contribution in [3.05, 3.63) is 30.3 Å². The summed E-state index contributed by atoms with van der Waals surface area (Å²) in [6.07, 6.45) is 4.49. The molecule has 0 radical (unpaired) electrons. The van der Waals surface area contributed by atoms with Crippen molar-refractivity contribution >= 4 is 39.8 Å². The third-order valence-electron chi connectivity index (χ3n) is 4.64. The normalized spacial score (nSPS) is 25.5. The molecule has 0 aliphatic carbocycles. The zero-order chi connectivity index (χ0) is 17.0. The number of nitrogens with one attached hydrogen (secondary N) is 2. The van der Waals surface area contributed by atoms with Crippen LogP contribution in [0.4, 0.5) is 0 Å². The van der Waals surface area contributed by atoms with E-state index in [1.807, 2.05) is 6.07 Å². The zero-order valence-corrected chi connectivity index (χ0v) is 17.5. The summed E-state index contributed by atoms with van der Waals surface area (Å²) >= 11 is 0. The standard InChI is InChI=1S/C17H25N3O3S.HI/c1-18-17(20-15-12-13-8-9-16(15)23-13)19-10-5-11-24(21,22)14-6-3-2-4-7-14;/h2-4,6-7,13,15-16H,5,8-12H2,1H3,(H2,18,19,20);1H. The van der Waals surface area contributed by atoms with Gasteiger partial charge in [0.2, 0.25) is 0 Å². The highest BCUT2D eigenvalue weighted by atomic mass is 127. The molecule has 2 aliphatic rings. The molecule has 25 heavy (non-hydrogen) atoms. The predicted octanol–water partition coefficient (Wildman–Crippen LogP) is 1.95. The predicted molar refractivity (Wildman–Crippen MR) is 109 cm³/mol. The molecule has 2 saturated heterocycles. The smallest absolute Gasteiger partial charge is 0.191 e. The molecule has 1 aromatic rings. The van der Waals surface area contributed by atoms with Crippen molar-refractivity contribution in [2.24, 2.45) is 4.99 Å². The van der Waals surface area contributed by atoms with E-state index in [4.69, 9.17) is 4.74 Å². The first kappa shape index (κ1) is 20.4. The van der Waals surface area contributed by atoms with Gasteiger partial charge in [0.1, 0.15) is 0 Å². The van der Waals surface area contributed by atoms with Gasteiger partial charge in [0.05, 0.1) is 28.9 Å². The van der Waals surface area contributed by atoms with Crippen LogP contribution in [0.25, 0.3) is 0 Å². The average Bonchev–Trinajstić information content (AvgIpc) is 3.21. The van der Waals surface area contributed by atoms with Crippen molar-refractivity contribution in [3.63, 3.8) is 0 Å². The zero-order valence-electron chi connectivity index (χ0n) is 14.3. The van der Waals surface area contributed by atoms with Crippen molar-refractivity contribution in [1.82, 2.24) is 10.6 Å². The van der Waals surface area contributed by atoms with Crippen molar-refractivity contribution in [2.45, 2.75) is 48.8 Å². The molecule has 2 N–H and O–H groups in total. The molecule has 0 amide bonds. The Labute approximate surface area is 166 Å². The number of fused-ring (bicyclic) bond motifs is 2. The number of halogens is 1. The monoisotopic (exact) mass is 479 g/mol. The highest BCUT2D eigenvalue weighted by Gasteiger charge is 2.41. The fraction of sp³-hybridized carbons (Fsp3) is 0.588. The van der Waals surface area contributed by atoms with E-state index >= 15 is 0 Å². The first-order valence-corrected chi connectivity index (χ1v) is 10.1. The highest BCUT2D eigenvalue weighted by molar-refractivity contribution is 14.0. The van der Waals surface area contributed by atoms with E-state index in [0.29, 0.717) is 36.0 Å². The van der Waals surface area contributed by atoms with E-state index in [9.17, 15) is 8.42 Å². The fourth-order valence-electron chi connectivity index (χ4n) is 3.37. The Morgan fingerprint density at radius 2 is 2.04 bits per heavy atom. The number of benzene rings is 1. The quantitative estimate of drug-likeness (QED) is 0.282. The third-order valence-corrected chi connectivity index (χ3v) is 6.45. The maximum absolute atomic E-state index is 12.2. The van der Waals surface area contributed by atoms with E-state index < -0.39 is 9.84 Å². The maximum Gasteiger partial charge on any atom is 0.191 e. The topological polar surface area (TPSA) is 79.8 Å². The summed E-state index contributed by atoms with van der Waals surface area (Å²) in [6, 6.07) is 8.89. The van der Waals surface area contributed by atoms with Crippen molar-refractivity contribution in [2.75, 3.05) is 19.3 Å². The second kappa shape index (κ2) is 9.18. The molecule has 2 heterocycles. The lowest BCUT2D eigenvalue weighted by Gasteiger charge is -2.22. The van der Waals surface area contributed by atoms with Gasteiger partial charge in [-0.1, -0.05) is 18.2 Å². The second-order valence-electron chi connectivity index (χ2n) is 6.34. The first-order chi connectivity index (χ1) is 11.6. The number of rotatable bonds is 6. The number of hydrogen-bond acceptors (Lipinski definition) is 4. The van der Waals surface area contributed by atoms with Gasteiger partial charge in [-0.3, -0.25) is 4.99 Å². The molecule has 3 unspecified atom stereocenters. The molecule has 1 aromatic carbocycles. The van der Waals surface area contributed by atoms with Crippen LogP contribution in [0.3, 0.4) is 0 Å². The second-order valence-corrected chi connectivity index (χ2v) is 8.45. The molecule has 140 valence electrons. The van der Waals surface area contributed by atoms with Gasteiger partial charge in [-0.2, -0.15) is 0 Å². The van der Waals surface area contributed by atoms with Gasteiger partial charge in [0.25, 0.3) is 0 Å². The largest absolute Gasteiger partial charge is 0.373 e. The lowest BCUT2D eigenvalue weighted by atomic mass is 9.96. The number of sulfone groups is 1. The van der Waals surface area contributed by atoms with Crippen LogP contribution in [-0.2, 0) is 14.6 Å². The van der Waals surface area contributed by atoms with Gasteiger partial charge < -0.3 is 15.4 Å². The molecule has 0 saturated carbocycles. The number of hydrogen-bond donors (Lipinski definition) is 2. The van der Waals surface area contributed by atoms with E-state index in [-0.39, 0.29) is 35.8 Å². The van der Waals surface area contributed by atoms with Crippen LogP contribution in [0.5, 0.6) is 0 Å². The Kier molecular flexibility index (Phi) is 7.51. The molecule has 6 nitrogen and oxygen atoms in total. The van der Waals surface area contributed by atoms with Crippen LogP contribution < -0.4 is 10.6 Å². The first-order valence-electron chi connectivity index (χ1n) is 8.49. The minimum Gasteiger partial charge on any atom is -0.373 e. The number of ether oxygens (including phenoxy) is 1. The minimum atomic E-state index is -3.21. The highest BCUT2D eigenvalue weighted by Crippen LogP contribution is 2.34. The SMILES string of the molecule is CN=C(NCCCS(=O)(=O)c1ccccc1)NC1CC2CCC1O2.I. The molecule has 3 rings (SSSR count). The summed E-state index contributed by atoms with van der Waals surface area (Å²) in [6.45, 7) is 0.563. The summed E-state index contributed by atoms with van der Waals surface area (Å²) in [5.74, 6) is 0.839. The molecule has 0 spiro atoms. The van der Waals surface area contributed by atoms with Crippen LogP contribution in [0, 0.1) is 0 Å². The van der Waals surface area contributed by atoms with Gasteiger partial charge >= 0.3 is 0 Å². The lowest BCUT2D eigenvalue weighted by Crippen LogP contribution is -2.47. The van der Waals surface area contributed by atoms with Gasteiger partial charge in [0, 0.05) is 13.6 Å². The lowest BCUT2D eigenvalue weighted by molar-refractivity contribution is 0.0992. The average molecular weight is 479 g/mol. The fourth-order valence-corrected chi connectivity index (χ4v) is 4.71. The molecule has 2 fully saturated rings. The van der Waals surface area contributed by atoms with Crippen molar-refractivity contribution in [3.8, 4) is 0 Å². The van der Waals surface area contributed by atoms with E-state index in [1.165, 1.54) is 0 Å². The van der Waals surface area contributed by atoms with E-state index in [1.54, 1.807) is 31.3 Å². The number of guanidine groups is 1. The summed E-state index contributed by atoms with van der Waals surface area (Å²) in [4.78, 5) is 4.60. The van der Waals surface area contributed by atoms with Gasteiger partial charge in [-0.05, 0) is 37.8 Å².